The van der Waals surface area contributed by atoms with Crippen LogP contribution in [0.4, 0.5) is 5.82 Å². The van der Waals surface area contributed by atoms with E-state index in [1.165, 1.54) is 10.8 Å². The van der Waals surface area contributed by atoms with Crippen LogP contribution in [0.15, 0.2) is 36.5 Å². The van der Waals surface area contributed by atoms with Crippen LogP contribution in [0.5, 0.6) is 0 Å². The maximum Gasteiger partial charge on any atom is 0.136 e. The number of morpholine rings is 1. The fourth-order valence-electron chi connectivity index (χ4n) is 2.66. The second-order valence-corrected chi connectivity index (χ2v) is 5.29. The van der Waals surface area contributed by atoms with Crippen LogP contribution in [-0.4, -0.2) is 36.2 Å². The zero-order chi connectivity index (χ0) is 13.2. The molecule has 0 aliphatic carbocycles. The second-order valence-electron chi connectivity index (χ2n) is 4.98. The molecule has 0 saturated carbocycles. The van der Waals surface area contributed by atoms with E-state index in [0.29, 0.717) is 5.88 Å². The minimum Gasteiger partial charge on any atom is -0.370 e. The molecule has 1 saturated heterocycles. The van der Waals surface area contributed by atoms with Gasteiger partial charge in [-0.3, -0.25) is 0 Å². The fraction of sp³-hybridized carbons (Fsp3) is 0.400. The molecule has 0 bridgehead atoms. The van der Waals surface area contributed by atoms with Crippen LogP contribution in [0.1, 0.15) is 6.92 Å². The molecule has 1 aliphatic heterocycles. The van der Waals surface area contributed by atoms with E-state index >= 15 is 0 Å². The van der Waals surface area contributed by atoms with Crippen LogP contribution in [0.3, 0.4) is 0 Å². The van der Waals surface area contributed by atoms with Crippen molar-refractivity contribution >= 4 is 28.2 Å². The third kappa shape index (κ3) is 2.53. The number of alkyl halides is 1. The number of benzene rings is 1. The van der Waals surface area contributed by atoms with E-state index in [9.17, 15) is 0 Å². The first-order chi connectivity index (χ1) is 9.28. The number of aromatic nitrogens is 1. The summed E-state index contributed by atoms with van der Waals surface area (Å²) in [7, 11) is 0. The van der Waals surface area contributed by atoms with Crippen molar-refractivity contribution in [2.45, 2.75) is 19.1 Å². The van der Waals surface area contributed by atoms with Gasteiger partial charge in [0, 0.05) is 24.7 Å². The predicted octanol–water partition coefficient (Wildman–Crippen LogP) is 3.07. The molecule has 1 aromatic carbocycles. The molecule has 1 aliphatic rings. The van der Waals surface area contributed by atoms with E-state index in [1.54, 1.807) is 0 Å². The summed E-state index contributed by atoms with van der Waals surface area (Å²) in [5.41, 5.74) is 0. The molecule has 2 aromatic rings. The second kappa shape index (κ2) is 5.35. The van der Waals surface area contributed by atoms with Gasteiger partial charge in [0.25, 0.3) is 0 Å². The lowest BCUT2D eigenvalue weighted by Gasteiger charge is -2.37. The smallest absolute Gasteiger partial charge is 0.136 e. The van der Waals surface area contributed by atoms with Gasteiger partial charge in [0.2, 0.25) is 0 Å². The summed E-state index contributed by atoms with van der Waals surface area (Å²) in [6.07, 6.45) is 2.12. The normalized spacial score (nSPS) is 23.8. The Morgan fingerprint density at radius 2 is 2.16 bits per heavy atom. The van der Waals surface area contributed by atoms with E-state index in [2.05, 4.69) is 41.1 Å². The Morgan fingerprint density at radius 3 is 3.00 bits per heavy atom. The molecule has 2 unspecified atom stereocenters. The highest BCUT2D eigenvalue weighted by Gasteiger charge is 2.26. The highest BCUT2D eigenvalue weighted by atomic mass is 35.5. The van der Waals surface area contributed by atoms with Gasteiger partial charge < -0.3 is 9.64 Å². The van der Waals surface area contributed by atoms with Gasteiger partial charge in [0.1, 0.15) is 5.82 Å². The fourth-order valence-corrected chi connectivity index (χ4v) is 2.83. The molecule has 0 spiro atoms. The summed E-state index contributed by atoms with van der Waals surface area (Å²) in [6, 6.07) is 10.4. The number of halogens is 1. The first-order valence-electron chi connectivity index (χ1n) is 6.58. The van der Waals surface area contributed by atoms with Gasteiger partial charge >= 0.3 is 0 Å². The molecule has 1 aromatic heterocycles. The number of rotatable bonds is 2. The van der Waals surface area contributed by atoms with Gasteiger partial charge in [-0.05, 0) is 18.4 Å². The molecule has 1 fully saturated rings. The van der Waals surface area contributed by atoms with E-state index in [1.807, 2.05) is 12.3 Å². The lowest BCUT2D eigenvalue weighted by atomic mass is 10.1. The molecule has 0 N–H and O–H groups in total. The SMILES string of the molecule is CC1CN(c2nccc3ccccc23)CC(CCl)O1. The van der Waals surface area contributed by atoms with Crippen LogP contribution in [0.25, 0.3) is 10.8 Å². The average molecular weight is 277 g/mol. The van der Waals surface area contributed by atoms with E-state index < -0.39 is 0 Å². The summed E-state index contributed by atoms with van der Waals surface area (Å²) >= 11 is 5.94. The van der Waals surface area contributed by atoms with Crippen molar-refractivity contribution in [3.8, 4) is 0 Å². The molecule has 19 heavy (non-hydrogen) atoms. The summed E-state index contributed by atoms with van der Waals surface area (Å²) in [5.74, 6) is 1.55. The number of anilines is 1. The Balaban J connectivity index is 1.99. The Bertz CT molecular complexity index is 570. The number of hydrogen-bond acceptors (Lipinski definition) is 3. The molecule has 3 rings (SSSR count). The maximum atomic E-state index is 5.94. The van der Waals surface area contributed by atoms with Gasteiger partial charge in [-0.25, -0.2) is 4.98 Å². The zero-order valence-corrected chi connectivity index (χ0v) is 11.7. The summed E-state index contributed by atoms with van der Waals surface area (Å²) in [5, 5.41) is 2.40. The molecule has 0 amide bonds. The van der Waals surface area contributed by atoms with Crippen LogP contribution in [0, 0.1) is 0 Å². The van der Waals surface area contributed by atoms with Crippen molar-refractivity contribution in [2.24, 2.45) is 0 Å². The predicted molar refractivity (Wildman–Crippen MR) is 79.0 cm³/mol. The van der Waals surface area contributed by atoms with Crippen molar-refractivity contribution in [1.82, 2.24) is 4.98 Å². The van der Waals surface area contributed by atoms with E-state index in [4.69, 9.17) is 16.3 Å². The molecule has 2 heterocycles. The van der Waals surface area contributed by atoms with Gasteiger partial charge in [0.15, 0.2) is 0 Å². The summed E-state index contributed by atoms with van der Waals surface area (Å²) in [4.78, 5) is 6.84. The molecule has 4 heteroatoms. The molecular formula is C15H17ClN2O. The third-order valence-corrected chi connectivity index (χ3v) is 3.79. The third-order valence-electron chi connectivity index (χ3n) is 3.45. The minimum atomic E-state index is 0.0752. The average Bonchev–Trinajstić information content (AvgIpc) is 2.46. The summed E-state index contributed by atoms with van der Waals surface area (Å²) < 4.78 is 5.80. The Labute approximate surface area is 118 Å². The van der Waals surface area contributed by atoms with Gasteiger partial charge in [0.05, 0.1) is 18.1 Å². The van der Waals surface area contributed by atoms with Gasteiger partial charge in [-0.15, -0.1) is 11.6 Å². The number of hydrogen-bond donors (Lipinski definition) is 0. The number of ether oxygens (including phenoxy) is 1. The van der Waals surface area contributed by atoms with Gasteiger partial charge in [-0.1, -0.05) is 24.3 Å². The molecule has 100 valence electrons. The number of fused-ring (bicyclic) bond motifs is 1. The lowest BCUT2D eigenvalue weighted by Crippen LogP contribution is -2.47. The Hall–Kier alpha value is -1.32. The number of nitrogens with zero attached hydrogens (tertiary/aromatic N) is 2. The van der Waals surface area contributed by atoms with Crippen LogP contribution in [-0.2, 0) is 4.74 Å². The van der Waals surface area contributed by atoms with Crippen molar-refractivity contribution in [3.05, 3.63) is 36.5 Å². The highest BCUT2D eigenvalue weighted by Crippen LogP contribution is 2.26. The Morgan fingerprint density at radius 1 is 1.32 bits per heavy atom. The van der Waals surface area contributed by atoms with E-state index in [0.717, 1.165) is 18.9 Å². The quantitative estimate of drug-likeness (QED) is 0.789. The molecule has 2 atom stereocenters. The minimum absolute atomic E-state index is 0.0752. The van der Waals surface area contributed by atoms with Gasteiger partial charge in [-0.2, -0.15) is 0 Å². The van der Waals surface area contributed by atoms with Crippen LogP contribution < -0.4 is 4.90 Å². The topological polar surface area (TPSA) is 25.4 Å². The maximum absolute atomic E-state index is 5.94. The Kier molecular flexibility index (Phi) is 3.58. The highest BCUT2D eigenvalue weighted by molar-refractivity contribution is 6.18. The summed E-state index contributed by atoms with van der Waals surface area (Å²) in [6.45, 7) is 3.74. The van der Waals surface area contributed by atoms with Crippen molar-refractivity contribution in [2.75, 3.05) is 23.9 Å². The lowest BCUT2D eigenvalue weighted by molar-refractivity contribution is -0.00347. The van der Waals surface area contributed by atoms with Crippen LogP contribution in [0.2, 0.25) is 0 Å². The first-order valence-corrected chi connectivity index (χ1v) is 7.11. The van der Waals surface area contributed by atoms with Crippen molar-refractivity contribution in [3.63, 3.8) is 0 Å². The number of pyridine rings is 1. The largest absolute Gasteiger partial charge is 0.370 e. The van der Waals surface area contributed by atoms with Crippen molar-refractivity contribution in [1.29, 1.82) is 0 Å². The van der Waals surface area contributed by atoms with Crippen LogP contribution >= 0.6 is 11.6 Å². The molecule has 0 radical (unpaired) electrons. The first kappa shape index (κ1) is 12.7. The van der Waals surface area contributed by atoms with E-state index in [-0.39, 0.29) is 12.2 Å². The molecular weight excluding hydrogens is 260 g/mol. The standard InChI is InChI=1S/C15H17ClN2O/c1-11-9-18(10-13(8-16)19-11)15-14-5-3-2-4-12(14)6-7-17-15/h2-7,11,13H,8-10H2,1H3. The zero-order valence-electron chi connectivity index (χ0n) is 10.9. The van der Waals surface area contributed by atoms with Crippen molar-refractivity contribution < 1.29 is 4.74 Å². The monoisotopic (exact) mass is 276 g/mol. The molecule has 3 nitrogen and oxygen atoms in total.